The van der Waals surface area contributed by atoms with Crippen LogP contribution in [0.3, 0.4) is 0 Å². The molecule has 0 bridgehead atoms. The van der Waals surface area contributed by atoms with E-state index in [1.807, 2.05) is 31.2 Å². The fourth-order valence-electron chi connectivity index (χ4n) is 2.13. The van der Waals surface area contributed by atoms with Crippen LogP contribution in [0.2, 0.25) is 0 Å². The molecule has 5 nitrogen and oxygen atoms in total. The zero-order valence-corrected chi connectivity index (χ0v) is 11.3. The third-order valence-corrected chi connectivity index (χ3v) is 3.51. The lowest BCUT2D eigenvalue weighted by molar-refractivity contribution is 0.0938. The van der Waals surface area contributed by atoms with Crippen LogP contribution in [0.15, 0.2) is 35.1 Å². The number of nitrogens with one attached hydrogen (secondary N) is 2. The minimum absolute atomic E-state index is 0.179. The van der Waals surface area contributed by atoms with E-state index in [4.69, 9.17) is 4.42 Å². The minimum Gasteiger partial charge on any atom is -0.443 e. The molecule has 2 N–H and O–H groups in total. The first kappa shape index (κ1) is 12.9. The number of rotatable bonds is 4. The summed E-state index contributed by atoms with van der Waals surface area (Å²) in [5.74, 6) is 0.865. The van der Waals surface area contributed by atoms with Gasteiger partial charge in [0.1, 0.15) is 0 Å². The molecule has 2 heterocycles. The van der Waals surface area contributed by atoms with Gasteiger partial charge >= 0.3 is 0 Å². The number of aromatic nitrogens is 1. The molecule has 20 heavy (non-hydrogen) atoms. The van der Waals surface area contributed by atoms with Crippen LogP contribution in [0.5, 0.6) is 0 Å². The average molecular weight is 271 g/mol. The van der Waals surface area contributed by atoms with Crippen molar-refractivity contribution in [1.82, 2.24) is 15.6 Å². The molecule has 0 atom stereocenters. The van der Waals surface area contributed by atoms with Crippen LogP contribution in [0.1, 0.15) is 16.1 Å². The Morgan fingerprint density at radius 3 is 2.80 bits per heavy atom. The second-order valence-corrected chi connectivity index (χ2v) is 5.13. The molecule has 5 heteroatoms. The average Bonchev–Trinajstić information content (AvgIpc) is 2.87. The number of carbonyl (C=O) groups is 1. The Kier molecular flexibility index (Phi) is 3.52. The van der Waals surface area contributed by atoms with Crippen molar-refractivity contribution < 1.29 is 9.21 Å². The van der Waals surface area contributed by atoms with Crippen LogP contribution in [-0.4, -0.2) is 30.5 Å². The van der Waals surface area contributed by atoms with Gasteiger partial charge in [-0.25, -0.2) is 4.98 Å². The smallest absolute Gasteiger partial charge is 0.273 e. The van der Waals surface area contributed by atoms with Crippen molar-refractivity contribution >= 4 is 5.91 Å². The highest BCUT2D eigenvalue weighted by Crippen LogP contribution is 2.23. The molecular weight excluding hydrogens is 254 g/mol. The fourth-order valence-corrected chi connectivity index (χ4v) is 2.13. The zero-order chi connectivity index (χ0) is 13.9. The van der Waals surface area contributed by atoms with Crippen LogP contribution in [0, 0.1) is 12.8 Å². The number of nitrogens with zero attached hydrogens (tertiary/aromatic N) is 1. The first-order valence-corrected chi connectivity index (χ1v) is 6.73. The van der Waals surface area contributed by atoms with Crippen molar-refractivity contribution in [2.75, 3.05) is 19.6 Å². The van der Waals surface area contributed by atoms with E-state index in [1.54, 1.807) is 0 Å². The van der Waals surface area contributed by atoms with Crippen molar-refractivity contribution in [2.45, 2.75) is 6.92 Å². The number of hydrogen-bond donors (Lipinski definition) is 2. The summed E-state index contributed by atoms with van der Waals surface area (Å²) >= 11 is 0. The highest BCUT2D eigenvalue weighted by atomic mass is 16.3. The van der Waals surface area contributed by atoms with Gasteiger partial charge in [-0.05, 0) is 6.92 Å². The normalized spacial score (nSPS) is 14.8. The summed E-state index contributed by atoms with van der Waals surface area (Å²) < 4.78 is 5.37. The lowest BCUT2D eigenvalue weighted by atomic mass is 10.0. The summed E-state index contributed by atoms with van der Waals surface area (Å²) in [6, 6.07) is 7.84. The third kappa shape index (κ3) is 2.58. The quantitative estimate of drug-likeness (QED) is 0.886. The summed E-state index contributed by atoms with van der Waals surface area (Å²) in [4.78, 5) is 16.2. The molecule has 2 aromatic rings. The van der Waals surface area contributed by atoms with Crippen LogP contribution in [0.25, 0.3) is 11.3 Å². The Morgan fingerprint density at radius 2 is 2.15 bits per heavy atom. The maximum Gasteiger partial charge on any atom is 0.273 e. The van der Waals surface area contributed by atoms with Gasteiger partial charge < -0.3 is 15.1 Å². The van der Waals surface area contributed by atoms with Gasteiger partial charge in [-0.15, -0.1) is 0 Å². The third-order valence-electron chi connectivity index (χ3n) is 3.51. The summed E-state index contributed by atoms with van der Waals surface area (Å²) in [7, 11) is 0. The standard InChI is InChI=1S/C15H17N3O2/c1-10-2-4-12(5-3-10)14-13(18-9-20-14)15(19)17-8-11-6-16-7-11/h2-5,9,11,16H,6-8H2,1H3,(H,17,19). The lowest BCUT2D eigenvalue weighted by Gasteiger charge is -2.26. The van der Waals surface area contributed by atoms with Crippen molar-refractivity contribution in [3.05, 3.63) is 41.9 Å². The van der Waals surface area contributed by atoms with E-state index >= 15 is 0 Å². The van der Waals surface area contributed by atoms with E-state index in [-0.39, 0.29) is 5.91 Å². The summed E-state index contributed by atoms with van der Waals surface area (Å²) in [6.07, 6.45) is 1.31. The fraction of sp³-hybridized carbons (Fsp3) is 0.333. The van der Waals surface area contributed by atoms with Crippen LogP contribution in [0.4, 0.5) is 0 Å². The number of benzene rings is 1. The summed E-state index contributed by atoms with van der Waals surface area (Å²) in [5, 5.41) is 6.08. The van der Waals surface area contributed by atoms with Gasteiger partial charge in [0.15, 0.2) is 17.8 Å². The Balaban J connectivity index is 1.75. The molecule has 1 amide bonds. The van der Waals surface area contributed by atoms with Gasteiger partial charge in [-0.3, -0.25) is 4.79 Å². The van der Waals surface area contributed by atoms with Gasteiger partial charge in [0.05, 0.1) is 0 Å². The predicted octanol–water partition coefficient (Wildman–Crippen LogP) is 1.60. The maximum absolute atomic E-state index is 12.2. The largest absolute Gasteiger partial charge is 0.443 e. The van der Waals surface area contributed by atoms with E-state index in [0.717, 1.165) is 24.2 Å². The number of hydrogen-bond acceptors (Lipinski definition) is 4. The monoisotopic (exact) mass is 271 g/mol. The van der Waals surface area contributed by atoms with E-state index in [0.29, 0.717) is 23.9 Å². The van der Waals surface area contributed by atoms with E-state index < -0.39 is 0 Å². The van der Waals surface area contributed by atoms with E-state index in [1.165, 1.54) is 6.39 Å². The second-order valence-electron chi connectivity index (χ2n) is 5.13. The van der Waals surface area contributed by atoms with Gasteiger partial charge in [-0.1, -0.05) is 29.8 Å². The second kappa shape index (κ2) is 5.46. The molecule has 0 saturated carbocycles. The molecule has 1 aliphatic rings. The first-order chi connectivity index (χ1) is 9.74. The predicted molar refractivity (Wildman–Crippen MR) is 75.4 cm³/mol. The zero-order valence-electron chi connectivity index (χ0n) is 11.3. The topological polar surface area (TPSA) is 67.2 Å². The van der Waals surface area contributed by atoms with Crippen LogP contribution in [-0.2, 0) is 0 Å². The molecule has 1 fully saturated rings. The molecular formula is C15H17N3O2. The molecule has 0 spiro atoms. The molecule has 0 radical (unpaired) electrons. The van der Waals surface area contributed by atoms with Gasteiger partial charge in [0, 0.05) is 31.1 Å². The Bertz CT molecular complexity index is 600. The molecule has 3 rings (SSSR count). The Hall–Kier alpha value is -2.14. The number of oxazole rings is 1. The van der Waals surface area contributed by atoms with Crippen LogP contribution < -0.4 is 10.6 Å². The number of amides is 1. The minimum atomic E-state index is -0.179. The van der Waals surface area contributed by atoms with Crippen molar-refractivity contribution in [2.24, 2.45) is 5.92 Å². The molecule has 0 unspecified atom stereocenters. The lowest BCUT2D eigenvalue weighted by Crippen LogP contribution is -2.48. The first-order valence-electron chi connectivity index (χ1n) is 6.73. The summed E-state index contributed by atoms with van der Waals surface area (Å²) in [5.41, 5.74) is 2.38. The van der Waals surface area contributed by atoms with E-state index in [2.05, 4.69) is 15.6 Å². The SMILES string of the molecule is Cc1ccc(-c2ocnc2C(=O)NCC2CNC2)cc1. The highest BCUT2D eigenvalue weighted by molar-refractivity contribution is 5.97. The number of aryl methyl sites for hydroxylation is 1. The van der Waals surface area contributed by atoms with Crippen molar-refractivity contribution in [3.63, 3.8) is 0 Å². The van der Waals surface area contributed by atoms with Gasteiger partial charge in [-0.2, -0.15) is 0 Å². The molecule has 0 aliphatic carbocycles. The Morgan fingerprint density at radius 1 is 1.40 bits per heavy atom. The molecule has 1 aromatic heterocycles. The highest BCUT2D eigenvalue weighted by Gasteiger charge is 2.21. The summed E-state index contributed by atoms with van der Waals surface area (Å²) in [6.45, 7) is 4.62. The van der Waals surface area contributed by atoms with Crippen molar-refractivity contribution in [3.8, 4) is 11.3 Å². The molecule has 1 saturated heterocycles. The molecule has 1 aromatic carbocycles. The van der Waals surface area contributed by atoms with Crippen LogP contribution >= 0.6 is 0 Å². The van der Waals surface area contributed by atoms with Gasteiger partial charge in [0.25, 0.3) is 5.91 Å². The molecule has 104 valence electrons. The van der Waals surface area contributed by atoms with Crippen molar-refractivity contribution in [1.29, 1.82) is 0 Å². The number of carbonyl (C=O) groups excluding carboxylic acids is 1. The molecule has 1 aliphatic heterocycles. The maximum atomic E-state index is 12.2. The van der Waals surface area contributed by atoms with Gasteiger partial charge in [0.2, 0.25) is 0 Å². The Labute approximate surface area is 117 Å². The van der Waals surface area contributed by atoms with E-state index in [9.17, 15) is 4.79 Å².